The van der Waals surface area contributed by atoms with Crippen LogP contribution >= 0.6 is 11.3 Å². The maximum atomic E-state index is 12.4. The molecule has 0 bridgehead atoms. The Labute approximate surface area is 214 Å². The van der Waals surface area contributed by atoms with Gasteiger partial charge in [-0.15, -0.1) is 11.3 Å². The van der Waals surface area contributed by atoms with E-state index in [4.69, 9.17) is 0 Å². The number of rotatable bonds is 10. The molecule has 0 atom stereocenters. The SMILES string of the molecule is CN(C)CCNS(=O)(=O)c1ccc(Nc2nccc(-c3ccc(NC(=O)c4cccs4)cc3)n2)cc1. The Kier molecular flexibility index (Phi) is 8.06. The summed E-state index contributed by atoms with van der Waals surface area (Å²) in [7, 11) is 0.192. The van der Waals surface area contributed by atoms with Gasteiger partial charge in [0.15, 0.2) is 0 Å². The molecule has 0 aliphatic heterocycles. The Morgan fingerprint density at radius 2 is 1.69 bits per heavy atom. The summed E-state index contributed by atoms with van der Waals surface area (Å²) in [5, 5.41) is 7.84. The largest absolute Gasteiger partial charge is 0.324 e. The van der Waals surface area contributed by atoms with Gasteiger partial charge in [-0.1, -0.05) is 18.2 Å². The number of amides is 1. The Hall–Kier alpha value is -3.64. The zero-order chi connectivity index (χ0) is 25.5. The normalized spacial score (nSPS) is 11.4. The number of thiophene rings is 1. The lowest BCUT2D eigenvalue weighted by Gasteiger charge is -2.11. The Morgan fingerprint density at radius 1 is 0.972 bits per heavy atom. The molecule has 3 N–H and O–H groups in total. The fourth-order valence-corrected chi connectivity index (χ4v) is 4.88. The average molecular weight is 523 g/mol. The van der Waals surface area contributed by atoms with E-state index in [1.54, 1.807) is 30.5 Å². The van der Waals surface area contributed by atoms with Gasteiger partial charge in [-0.05, 0) is 68.0 Å². The summed E-state index contributed by atoms with van der Waals surface area (Å²) in [5.74, 6) is 0.233. The molecule has 2 aromatic carbocycles. The van der Waals surface area contributed by atoms with Crippen LogP contribution in [0.5, 0.6) is 0 Å². The molecule has 11 heteroatoms. The highest BCUT2D eigenvalue weighted by Crippen LogP contribution is 2.23. The molecule has 2 aromatic heterocycles. The first-order chi connectivity index (χ1) is 17.3. The summed E-state index contributed by atoms with van der Waals surface area (Å²) in [6, 6.07) is 19.2. The minimum atomic E-state index is -3.57. The summed E-state index contributed by atoms with van der Waals surface area (Å²) in [6.07, 6.45) is 1.64. The monoisotopic (exact) mass is 522 g/mol. The molecule has 0 aliphatic carbocycles. The van der Waals surface area contributed by atoms with E-state index in [9.17, 15) is 13.2 Å². The Morgan fingerprint density at radius 3 is 2.36 bits per heavy atom. The lowest BCUT2D eigenvalue weighted by Crippen LogP contribution is -2.31. The van der Waals surface area contributed by atoms with E-state index in [0.717, 1.165) is 5.56 Å². The van der Waals surface area contributed by atoms with Gasteiger partial charge in [-0.3, -0.25) is 4.79 Å². The molecule has 2 heterocycles. The predicted molar refractivity (Wildman–Crippen MR) is 143 cm³/mol. The number of carbonyl (C=O) groups is 1. The van der Waals surface area contributed by atoms with Crippen LogP contribution < -0.4 is 15.4 Å². The van der Waals surface area contributed by atoms with E-state index in [2.05, 4.69) is 25.3 Å². The van der Waals surface area contributed by atoms with Crippen molar-refractivity contribution in [1.29, 1.82) is 0 Å². The molecular formula is C25H26N6O3S2. The smallest absolute Gasteiger partial charge is 0.265 e. The number of sulfonamides is 1. The van der Waals surface area contributed by atoms with Crippen LogP contribution in [0.3, 0.4) is 0 Å². The fraction of sp³-hybridized carbons (Fsp3) is 0.160. The number of anilines is 3. The second kappa shape index (κ2) is 11.4. The van der Waals surface area contributed by atoms with Crippen LogP contribution in [-0.4, -0.2) is 56.4 Å². The van der Waals surface area contributed by atoms with Crippen LogP contribution in [0.15, 0.2) is 83.2 Å². The maximum Gasteiger partial charge on any atom is 0.265 e. The number of likely N-dealkylation sites (N-methyl/N-ethyl adjacent to an activating group) is 1. The second-order valence-corrected chi connectivity index (χ2v) is 10.8. The van der Waals surface area contributed by atoms with E-state index in [0.29, 0.717) is 41.0 Å². The zero-order valence-electron chi connectivity index (χ0n) is 19.8. The summed E-state index contributed by atoms with van der Waals surface area (Å²) >= 11 is 1.39. The maximum absolute atomic E-state index is 12.4. The lowest BCUT2D eigenvalue weighted by atomic mass is 10.1. The molecule has 9 nitrogen and oxygen atoms in total. The van der Waals surface area contributed by atoms with Gasteiger partial charge in [0.1, 0.15) is 0 Å². The van der Waals surface area contributed by atoms with E-state index in [1.165, 1.54) is 23.5 Å². The lowest BCUT2D eigenvalue weighted by molar-refractivity contribution is 0.103. The summed E-state index contributed by atoms with van der Waals surface area (Å²) in [4.78, 5) is 23.8. The second-order valence-electron chi connectivity index (χ2n) is 8.12. The molecule has 0 radical (unpaired) electrons. The van der Waals surface area contributed by atoms with E-state index >= 15 is 0 Å². The van der Waals surface area contributed by atoms with Gasteiger partial charge in [0.05, 0.1) is 15.5 Å². The van der Waals surface area contributed by atoms with Gasteiger partial charge in [-0.25, -0.2) is 23.1 Å². The molecule has 0 fully saturated rings. The number of carbonyl (C=O) groups excluding carboxylic acids is 1. The van der Waals surface area contributed by atoms with Crippen molar-refractivity contribution in [3.8, 4) is 11.3 Å². The van der Waals surface area contributed by atoms with Crippen LogP contribution in [0.2, 0.25) is 0 Å². The van der Waals surface area contributed by atoms with Crippen LogP contribution in [0.1, 0.15) is 9.67 Å². The summed E-state index contributed by atoms with van der Waals surface area (Å²) in [5.41, 5.74) is 2.91. The van der Waals surface area contributed by atoms with E-state index < -0.39 is 10.0 Å². The predicted octanol–water partition coefficient (Wildman–Crippen LogP) is 4.04. The van der Waals surface area contributed by atoms with Crippen LogP contribution in [-0.2, 0) is 10.0 Å². The zero-order valence-corrected chi connectivity index (χ0v) is 21.4. The van der Waals surface area contributed by atoms with Crippen LogP contribution in [0, 0.1) is 0 Å². The quantitative estimate of drug-likeness (QED) is 0.288. The number of nitrogens with one attached hydrogen (secondary N) is 3. The standard InChI is InChI=1S/C25H26N6O3S2/c1-31(2)16-15-27-36(33,34)21-11-9-20(10-12-21)29-25-26-14-13-22(30-25)18-5-7-19(8-6-18)28-24(32)23-4-3-17-35-23/h3-14,17,27H,15-16H2,1-2H3,(H,28,32)(H,26,29,30). The number of hydrogen-bond donors (Lipinski definition) is 3. The molecule has 186 valence electrons. The molecular weight excluding hydrogens is 496 g/mol. The molecule has 1 amide bonds. The van der Waals surface area contributed by atoms with E-state index in [1.807, 2.05) is 54.7 Å². The van der Waals surface area contributed by atoms with Gasteiger partial charge in [0.2, 0.25) is 16.0 Å². The van der Waals surface area contributed by atoms with Crippen molar-refractivity contribution >= 4 is 44.6 Å². The van der Waals surface area contributed by atoms with Crippen molar-refractivity contribution < 1.29 is 13.2 Å². The molecule has 0 aliphatic rings. The van der Waals surface area contributed by atoms with Crippen molar-refractivity contribution in [2.24, 2.45) is 0 Å². The summed E-state index contributed by atoms with van der Waals surface area (Å²) in [6.45, 7) is 0.941. The number of hydrogen-bond acceptors (Lipinski definition) is 8. The van der Waals surface area contributed by atoms with Crippen molar-refractivity contribution in [2.75, 3.05) is 37.8 Å². The molecule has 4 aromatic rings. The average Bonchev–Trinajstić information content (AvgIpc) is 3.40. The highest BCUT2D eigenvalue weighted by Gasteiger charge is 2.13. The number of nitrogens with zero attached hydrogens (tertiary/aromatic N) is 3. The van der Waals surface area contributed by atoms with Crippen molar-refractivity contribution in [3.63, 3.8) is 0 Å². The molecule has 4 rings (SSSR count). The first-order valence-electron chi connectivity index (χ1n) is 11.1. The van der Waals surface area contributed by atoms with Crippen molar-refractivity contribution in [1.82, 2.24) is 19.6 Å². The van der Waals surface area contributed by atoms with Gasteiger partial charge < -0.3 is 15.5 Å². The highest BCUT2D eigenvalue weighted by atomic mass is 32.2. The Balaban J connectivity index is 1.40. The van der Waals surface area contributed by atoms with Crippen LogP contribution in [0.4, 0.5) is 17.3 Å². The molecule has 0 spiro atoms. The van der Waals surface area contributed by atoms with Gasteiger partial charge in [0.25, 0.3) is 5.91 Å². The minimum absolute atomic E-state index is 0.144. The van der Waals surface area contributed by atoms with Gasteiger partial charge in [-0.2, -0.15) is 0 Å². The molecule has 36 heavy (non-hydrogen) atoms. The summed E-state index contributed by atoms with van der Waals surface area (Å²) < 4.78 is 27.4. The van der Waals surface area contributed by atoms with Crippen molar-refractivity contribution in [3.05, 3.63) is 83.2 Å². The third-order valence-corrected chi connectivity index (χ3v) is 7.46. The van der Waals surface area contributed by atoms with Crippen LogP contribution in [0.25, 0.3) is 11.3 Å². The van der Waals surface area contributed by atoms with Gasteiger partial charge in [0, 0.05) is 36.2 Å². The Bertz CT molecular complexity index is 1410. The first-order valence-corrected chi connectivity index (χ1v) is 13.5. The molecule has 0 saturated heterocycles. The van der Waals surface area contributed by atoms with Crippen molar-refractivity contribution in [2.45, 2.75) is 4.90 Å². The number of benzene rings is 2. The molecule has 0 saturated carbocycles. The van der Waals surface area contributed by atoms with E-state index in [-0.39, 0.29) is 10.8 Å². The topological polar surface area (TPSA) is 116 Å². The fourth-order valence-electron chi connectivity index (χ4n) is 3.24. The molecule has 0 unspecified atom stereocenters. The third kappa shape index (κ3) is 6.73. The number of aromatic nitrogens is 2. The minimum Gasteiger partial charge on any atom is -0.324 e. The first kappa shape index (κ1) is 25.5. The van der Waals surface area contributed by atoms with Gasteiger partial charge >= 0.3 is 0 Å². The third-order valence-electron chi connectivity index (χ3n) is 5.11. The highest BCUT2D eigenvalue weighted by molar-refractivity contribution is 7.89.